The normalized spacial score (nSPS) is 20.4. The van der Waals surface area contributed by atoms with Crippen LogP contribution in [-0.4, -0.2) is 46.7 Å². The predicted molar refractivity (Wildman–Crippen MR) is 63.9 cm³/mol. The summed E-state index contributed by atoms with van der Waals surface area (Å²) < 4.78 is 13.6. The van der Waals surface area contributed by atoms with E-state index in [0.717, 1.165) is 24.2 Å². The third kappa shape index (κ3) is 1.84. The number of rotatable bonds is 1. The Balaban J connectivity index is 1.68. The van der Waals surface area contributed by atoms with E-state index in [1.54, 1.807) is 6.07 Å². The Labute approximate surface area is 105 Å². The summed E-state index contributed by atoms with van der Waals surface area (Å²) in [5, 5.41) is 8.80. The summed E-state index contributed by atoms with van der Waals surface area (Å²) in [5.74, 6) is -0.118. The van der Waals surface area contributed by atoms with Gasteiger partial charge in [0.1, 0.15) is 5.82 Å². The Morgan fingerprint density at radius 3 is 2.89 bits per heavy atom. The molecule has 1 aromatic carbocycles. The van der Waals surface area contributed by atoms with Gasteiger partial charge >= 0.3 is 6.09 Å². The molecule has 1 fully saturated rings. The molecule has 1 saturated heterocycles. The van der Waals surface area contributed by atoms with E-state index >= 15 is 0 Å². The molecule has 0 saturated carbocycles. The van der Waals surface area contributed by atoms with Gasteiger partial charge in [0.25, 0.3) is 0 Å². The summed E-state index contributed by atoms with van der Waals surface area (Å²) in [6, 6.07) is 5.49. The maximum atomic E-state index is 13.6. The zero-order chi connectivity index (χ0) is 12.7. The number of hydrogen-bond acceptors (Lipinski definition) is 2. The fourth-order valence-corrected chi connectivity index (χ4v) is 2.74. The first-order valence-electron chi connectivity index (χ1n) is 6.13. The first-order valence-corrected chi connectivity index (χ1v) is 6.13. The van der Waals surface area contributed by atoms with Crippen LogP contribution >= 0.6 is 0 Å². The van der Waals surface area contributed by atoms with Gasteiger partial charge in [-0.2, -0.15) is 0 Å². The van der Waals surface area contributed by atoms with E-state index in [2.05, 4.69) is 4.90 Å². The molecule has 1 aromatic rings. The number of amides is 1. The van der Waals surface area contributed by atoms with Gasteiger partial charge in [0.2, 0.25) is 0 Å². The van der Waals surface area contributed by atoms with Crippen molar-refractivity contribution in [3.63, 3.8) is 0 Å². The monoisotopic (exact) mass is 250 g/mol. The van der Waals surface area contributed by atoms with Crippen molar-refractivity contribution < 1.29 is 14.3 Å². The van der Waals surface area contributed by atoms with Crippen LogP contribution in [0.15, 0.2) is 18.2 Å². The lowest BCUT2D eigenvalue weighted by Crippen LogP contribution is -2.61. The van der Waals surface area contributed by atoms with E-state index in [1.165, 1.54) is 11.0 Å². The lowest BCUT2D eigenvalue weighted by Gasteiger charge is -2.45. The van der Waals surface area contributed by atoms with Gasteiger partial charge in [-0.15, -0.1) is 0 Å². The van der Waals surface area contributed by atoms with Crippen LogP contribution in [0.2, 0.25) is 0 Å². The van der Waals surface area contributed by atoms with Crippen molar-refractivity contribution in [2.24, 2.45) is 0 Å². The number of nitrogens with zero attached hydrogens (tertiary/aromatic N) is 2. The largest absolute Gasteiger partial charge is 0.465 e. The van der Waals surface area contributed by atoms with Gasteiger partial charge < -0.3 is 10.0 Å². The smallest absolute Gasteiger partial charge is 0.407 e. The molecule has 1 amide bonds. The number of carbonyl (C=O) groups is 1. The van der Waals surface area contributed by atoms with Crippen molar-refractivity contribution in [1.29, 1.82) is 0 Å². The van der Waals surface area contributed by atoms with E-state index in [0.29, 0.717) is 19.5 Å². The van der Waals surface area contributed by atoms with Crippen LogP contribution in [0.3, 0.4) is 0 Å². The molecule has 0 radical (unpaired) electrons. The molecule has 2 aliphatic rings. The number of benzene rings is 1. The van der Waals surface area contributed by atoms with Gasteiger partial charge in [0, 0.05) is 32.2 Å². The summed E-state index contributed by atoms with van der Waals surface area (Å²) >= 11 is 0. The molecule has 0 spiro atoms. The predicted octanol–water partition coefficient (Wildman–Crippen LogP) is 1.55. The van der Waals surface area contributed by atoms with E-state index in [1.807, 2.05) is 6.07 Å². The molecule has 5 heteroatoms. The Bertz CT molecular complexity index is 486. The van der Waals surface area contributed by atoms with Crippen molar-refractivity contribution in [2.45, 2.75) is 19.0 Å². The van der Waals surface area contributed by atoms with Gasteiger partial charge in [-0.1, -0.05) is 12.1 Å². The molecule has 0 aromatic heterocycles. The van der Waals surface area contributed by atoms with Gasteiger partial charge in [-0.05, 0) is 23.6 Å². The van der Waals surface area contributed by atoms with E-state index in [-0.39, 0.29) is 11.9 Å². The number of likely N-dealkylation sites (tertiary alicyclic amines) is 1. The summed E-state index contributed by atoms with van der Waals surface area (Å²) in [5.41, 5.74) is 1.86. The summed E-state index contributed by atoms with van der Waals surface area (Å²) in [4.78, 5) is 14.4. The van der Waals surface area contributed by atoms with Gasteiger partial charge in [0.15, 0.2) is 0 Å². The van der Waals surface area contributed by atoms with Crippen LogP contribution in [0.4, 0.5) is 9.18 Å². The first kappa shape index (κ1) is 11.5. The Morgan fingerprint density at radius 2 is 2.17 bits per heavy atom. The van der Waals surface area contributed by atoms with Gasteiger partial charge in [-0.25, -0.2) is 9.18 Å². The summed E-state index contributed by atoms with van der Waals surface area (Å²) in [6.45, 7) is 2.68. The highest BCUT2D eigenvalue weighted by Gasteiger charge is 2.36. The number of carboxylic acid groups (broad SMARTS) is 1. The fraction of sp³-hybridized carbons (Fsp3) is 0.462. The molecular weight excluding hydrogens is 235 g/mol. The lowest BCUT2D eigenvalue weighted by molar-refractivity contribution is 0.0298. The lowest BCUT2D eigenvalue weighted by atomic mass is 9.96. The third-order valence-electron chi connectivity index (χ3n) is 3.89. The SMILES string of the molecule is O=C(O)N1CC(N2CCc3c(F)cccc3C2)C1. The first-order chi connectivity index (χ1) is 8.65. The Morgan fingerprint density at radius 1 is 1.39 bits per heavy atom. The highest BCUT2D eigenvalue weighted by molar-refractivity contribution is 5.66. The maximum Gasteiger partial charge on any atom is 0.407 e. The van der Waals surface area contributed by atoms with E-state index in [9.17, 15) is 9.18 Å². The second-order valence-corrected chi connectivity index (χ2v) is 4.94. The molecule has 2 aliphatic heterocycles. The van der Waals surface area contributed by atoms with Crippen molar-refractivity contribution >= 4 is 6.09 Å². The number of halogens is 1. The van der Waals surface area contributed by atoms with E-state index < -0.39 is 6.09 Å². The number of fused-ring (bicyclic) bond motifs is 1. The third-order valence-corrected chi connectivity index (χ3v) is 3.89. The molecule has 0 bridgehead atoms. The van der Waals surface area contributed by atoms with Crippen LogP contribution in [0, 0.1) is 5.82 Å². The Hall–Kier alpha value is -1.62. The standard InChI is InChI=1S/C13H15FN2O2/c14-12-3-1-2-9-6-15(5-4-11(9)12)10-7-16(8-10)13(17)18/h1-3,10H,4-8H2,(H,17,18). The van der Waals surface area contributed by atoms with Crippen LogP contribution in [0.25, 0.3) is 0 Å². The summed E-state index contributed by atoms with van der Waals surface area (Å²) in [7, 11) is 0. The summed E-state index contributed by atoms with van der Waals surface area (Å²) in [6.07, 6.45) is -0.138. The number of hydrogen-bond donors (Lipinski definition) is 1. The second-order valence-electron chi connectivity index (χ2n) is 4.94. The minimum atomic E-state index is -0.852. The van der Waals surface area contributed by atoms with Crippen LogP contribution in [0.5, 0.6) is 0 Å². The van der Waals surface area contributed by atoms with Gasteiger partial charge in [-0.3, -0.25) is 4.90 Å². The van der Waals surface area contributed by atoms with Gasteiger partial charge in [0.05, 0.1) is 0 Å². The Kier molecular flexibility index (Phi) is 2.70. The van der Waals surface area contributed by atoms with Crippen molar-refractivity contribution in [1.82, 2.24) is 9.80 Å². The van der Waals surface area contributed by atoms with Crippen molar-refractivity contribution in [3.8, 4) is 0 Å². The average Bonchev–Trinajstić information content (AvgIpc) is 2.26. The topological polar surface area (TPSA) is 43.8 Å². The second kappa shape index (κ2) is 4.24. The quantitative estimate of drug-likeness (QED) is 0.822. The zero-order valence-electron chi connectivity index (χ0n) is 9.97. The van der Waals surface area contributed by atoms with Crippen molar-refractivity contribution in [2.75, 3.05) is 19.6 Å². The molecule has 18 heavy (non-hydrogen) atoms. The zero-order valence-corrected chi connectivity index (χ0v) is 9.97. The van der Waals surface area contributed by atoms with Crippen LogP contribution in [0.1, 0.15) is 11.1 Å². The molecule has 0 aliphatic carbocycles. The molecule has 3 rings (SSSR count). The average molecular weight is 250 g/mol. The maximum absolute atomic E-state index is 13.6. The molecule has 96 valence electrons. The van der Waals surface area contributed by atoms with Crippen LogP contribution < -0.4 is 0 Å². The van der Waals surface area contributed by atoms with Crippen LogP contribution in [-0.2, 0) is 13.0 Å². The minimum Gasteiger partial charge on any atom is -0.465 e. The molecular formula is C13H15FN2O2. The molecule has 4 nitrogen and oxygen atoms in total. The van der Waals surface area contributed by atoms with Crippen molar-refractivity contribution in [3.05, 3.63) is 35.1 Å². The minimum absolute atomic E-state index is 0.118. The fourth-order valence-electron chi connectivity index (χ4n) is 2.74. The molecule has 1 N–H and O–H groups in total. The molecule has 0 unspecified atom stereocenters. The molecule has 0 atom stereocenters. The molecule has 2 heterocycles. The highest BCUT2D eigenvalue weighted by Crippen LogP contribution is 2.25. The van der Waals surface area contributed by atoms with E-state index in [4.69, 9.17) is 5.11 Å². The highest BCUT2D eigenvalue weighted by atomic mass is 19.1.